The Morgan fingerprint density at radius 1 is 1.32 bits per heavy atom. The third-order valence-electron chi connectivity index (χ3n) is 6.01. The largest absolute Gasteiger partial charge is 0.382 e. The summed E-state index contributed by atoms with van der Waals surface area (Å²) in [5, 5.41) is 16.6. The SMILES string of the molecule is N#Cc1ccc(N2CCC(n3ncc(NC[C@@H]4CCCOC4)c(Cl)c3=O)CC2)c(F)c1. The summed E-state index contributed by atoms with van der Waals surface area (Å²) >= 11 is 6.36. The summed E-state index contributed by atoms with van der Waals surface area (Å²) in [7, 11) is 0. The molecule has 0 amide bonds. The van der Waals surface area contributed by atoms with Crippen LogP contribution in [0.4, 0.5) is 15.8 Å². The molecule has 9 heteroatoms. The fourth-order valence-corrected chi connectivity index (χ4v) is 4.44. The first kappa shape index (κ1) is 21.6. The van der Waals surface area contributed by atoms with E-state index in [2.05, 4.69) is 10.4 Å². The van der Waals surface area contributed by atoms with E-state index < -0.39 is 5.82 Å². The highest BCUT2D eigenvalue weighted by Crippen LogP contribution is 2.28. The summed E-state index contributed by atoms with van der Waals surface area (Å²) in [5.41, 5.74) is 1.01. The van der Waals surface area contributed by atoms with E-state index in [-0.39, 0.29) is 16.6 Å². The zero-order chi connectivity index (χ0) is 21.8. The molecule has 0 radical (unpaired) electrons. The summed E-state index contributed by atoms with van der Waals surface area (Å²) in [5.74, 6) is -0.00572. The van der Waals surface area contributed by atoms with E-state index >= 15 is 0 Å². The minimum atomic E-state index is -0.408. The number of rotatable bonds is 5. The summed E-state index contributed by atoms with van der Waals surface area (Å²) in [4.78, 5) is 14.7. The van der Waals surface area contributed by atoms with Crippen molar-refractivity contribution in [2.24, 2.45) is 5.92 Å². The second kappa shape index (κ2) is 9.67. The first-order valence-corrected chi connectivity index (χ1v) is 11.0. The molecule has 0 spiro atoms. The van der Waals surface area contributed by atoms with Gasteiger partial charge in [-0.05, 0) is 49.8 Å². The maximum Gasteiger partial charge on any atom is 0.287 e. The van der Waals surface area contributed by atoms with Gasteiger partial charge in [-0.3, -0.25) is 4.79 Å². The van der Waals surface area contributed by atoms with Crippen LogP contribution in [0.3, 0.4) is 0 Å². The Labute approximate surface area is 185 Å². The molecular weight excluding hydrogens is 421 g/mol. The van der Waals surface area contributed by atoms with Crippen LogP contribution in [0.5, 0.6) is 0 Å². The van der Waals surface area contributed by atoms with E-state index in [1.807, 2.05) is 11.0 Å². The van der Waals surface area contributed by atoms with Crippen LogP contribution in [0.1, 0.15) is 37.3 Å². The van der Waals surface area contributed by atoms with Gasteiger partial charge >= 0.3 is 0 Å². The van der Waals surface area contributed by atoms with Crippen LogP contribution in [0.25, 0.3) is 0 Å². The number of anilines is 2. The highest BCUT2D eigenvalue weighted by atomic mass is 35.5. The topological polar surface area (TPSA) is 83.2 Å². The van der Waals surface area contributed by atoms with E-state index in [1.165, 1.54) is 10.7 Å². The first-order valence-electron chi connectivity index (χ1n) is 10.6. The van der Waals surface area contributed by atoms with Crippen molar-refractivity contribution in [3.63, 3.8) is 0 Å². The van der Waals surface area contributed by atoms with Crippen LogP contribution in [-0.2, 0) is 4.74 Å². The molecule has 2 aromatic rings. The maximum absolute atomic E-state index is 14.3. The molecule has 1 atom stereocenters. The summed E-state index contributed by atoms with van der Waals surface area (Å²) in [6.07, 6.45) is 5.04. The molecule has 1 N–H and O–H groups in total. The van der Waals surface area contributed by atoms with Crippen LogP contribution in [0, 0.1) is 23.1 Å². The Hall–Kier alpha value is -2.63. The average molecular weight is 446 g/mol. The van der Waals surface area contributed by atoms with Gasteiger partial charge in [0.1, 0.15) is 10.8 Å². The van der Waals surface area contributed by atoms with Gasteiger partial charge in [-0.1, -0.05) is 11.6 Å². The Kier molecular flexibility index (Phi) is 6.73. The van der Waals surface area contributed by atoms with Crippen molar-refractivity contribution in [1.82, 2.24) is 9.78 Å². The van der Waals surface area contributed by atoms with Gasteiger partial charge in [-0.25, -0.2) is 9.07 Å². The molecule has 2 saturated heterocycles. The molecule has 31 heavy (non-hydrogen) atoms. The molecule has 4 rings (SSSR count). The molecule has 7 nitrogen and oxygen atoms in total. The Morgan fingerprint density at radius 2 is 2.13 bits per heavy atom. The van der Waals surface area contributed by atoms with Crippen molar-refractivity contribution in [2.45, 2.75) is 31.7 Å². The lowest BCUT2D eigenvalue weighted by molar-refractivity contribution is 0.0595. The molecule has 0 aliphatic carbocycles. The van der Waals surface area contributed by atoms with Crippen LogP contribution in [-0.4, -0.2) is 42.6 Å². The number of hydrogen-bond acceptors (Lipinski definition) is 6. The van der Waals surface area contributed by atoms with Gasteiger partial charge < -0.3 is 15.0 Å². The second-order valence-electron chi connectivity index (χ2n) is 8.08. The zero-order valence-corrected chi connectivity index (χ0v) is 17.9. The number of piperidine rings is 1. The minimum Gasteiger partial charge on any atom is -0.382 e. The zero-order valence-electron chi connectivity index (χ0n) is 17.2. The van der Waals surface area contributed by atoms with E-state index in [4.69, 9.17) is 21.6 Å². The van der Waals surface area contributed by atoms with Crippen molar-refractivity contribution >= 4 is 23.0 Å². The molecule has 0 saturated carbocycles. The van der Waals surface area contributed by atoms with Crippen LogP contribution >= 0.6 is 11.6 Å². The number of ether oxygens (including phenoxy) is 1. The van der Waals surface area contributed by atoms with E-state index in [9.17, 15) is 9.18 Å². The third kappa shape index (κ3) is 4.83. The standard InChI is InChI=1S/C22H25ClFN5O2/c23-21-19(26-12-16-2-1-9-31-14-16)13-27-29(22(21)30)17-5-7-28(8-6-17)20-4-3-15(11-25)10-18(20)24/h3-4,10,13,16-17,26H,1-2,5-9,12,14H2/t16-/m0/s1. The normalized spacial score (nSPS) is 19.8. The molecule has 2 aliphatic rings. The van der Waals surface area contributed by atoms with Crippen LogP contribution in [0.2, 0.25) is 5.02 Å². The van der Waals surface area contributed by atoms with Gasteiger partial charge in [0.25, 0.3) is 5.56 Å². The van der Waals surface area contributed by atoms with Gasteiger partial charge in [0.2, 0.25) is 0 Å². The minimum absolute atomic E-state index is 0.0940. The van der Waals surface area contributed by atoms with Crippen molar-refractivity contribution in [3.8, 4) is 6.07 Å². The van der Waals surface area contributed by atoms with Gasteiger partial charge in [0, 0.05) is 26.2 Å². The number of halogens is 2. The summed E-state index contributed by atoms with van der Waals surface area (Å²) in [6, 6.07) is 6.34. The van der Waals surface area contributed by atoms with E-state index in [1.54, 1.807) is 18.3 Å². The van der Waals surface area contributed by atoms with Crippen molar-refractivity contribution in [1.29, 1.82) is 5.26 Å². The predicted octanol–water partition coefficient (Wildman–Crippen LogP) is 3.59. The van der Waals surface area contributed by atoms with Crippen molar-refractivity contribution in [2.75, 3.05) is 43.1 Å². The Bertz CT molecular complexity index is 1020. The number of nitrogens with zero attached hydrogens (tertiary/aromatic N) is 4. The lowest BCUT2D eigenvalue weighted by Gasteiger charge is -2.34. The lowest BCUT2D eigenvalue weighted by atomic mass is 10.0. The molecule has 0 unspecified atom stereocenters. The fraction of sp³-hybridized carbons (Fsp3) is 0.500. The monoisotopic (exact) mass is 445 g/mol. The van der Waals surface area contributed by atoms with Gasteiger partial charge in [0.15, 0.2) is 0 Å². The van der Waals surface area contributed by atoms with Gasteiger partial charge in [-0.2, -0.15) is 10.4 Å². The highest BCUT2D eigenvalue weighted by molar-refractivity contribution is 6.32. The molecular formula is C22H25ClFN5O2. The summed E-state index contributed by atoms with van der Waals surface area (Å²) in [6.45, 7) is 3.39. The lowest BCUT2D eigenvalue weighted by Crippen LogP contribution is -2.39. The Morgan fingerprint density at radius 3 is 2.81 bits per heavy atom. The fourth-order valence-electron chi connectivity index (χ4n) is 4.24. The quantitative estimate of drug-likeness (QED) is 0.757. The van der Waals surface area contributed by atoms with Crippen LogP contribution in [0.15, 0.2) is 29.2 Å². The summed E-state index contributed by atoms with van der Waals surface area (Å²) < 4.78 is 21.3. The first-order chi connectivity index (χ1) is 15.1. The number of hydrogen-bond donors (Lipinski definition) is 1. The maximum atomic E-state index is 14.3. The average Bonchev–Trinajstić information content (AvgIpc) is 2.81. The third-order valence-corrected chi connectivity index (χ3v) is 6.37. The molecule has 2 fully saturated rings. The molecule has 0 bridgehead atoms. The van der Waals surface area contributed by atoms with Gasteiger partial charge in [-0.15, -0.1) is 0 Å². The van der Waals surface area contributed by atoms with Crippen LogP contribution < -0.4 is 15.8 Å². The van der Waals surface area contributed by atoms with Crippen molar-refractivity contribution < 1.29 is 9.13 Å². The number of benzene rings is 1. The number of nitrogens with one attached hydrogen (secondary N) is 1. The van der Waals surface area contributed by atoms with Gasteiger partial charge in [0.05, 0.1) is 41.9 Å². The molecule has 2 aliphatic heterocycles. The predicted molar refractivity (Wildman–Crippen MR) is 117 cm³/mol. The second-order valence-corrected chi connectivity index (χ2v) is 8.46. The molecule has 1 aromatic carbocycles. The van der Waals surface area contributed by atoms with Crippen molar-refractivity contribution in [3.05, 3.63) is 51.2 Å². The number of nitriles is 1. The smallest absolute Gasteiger partial charge is 0.287 e. The number of aromatic nitrogens is 2. The Balaban J connectivity index is 1.40. The molecule has 164 valence electrons. The van der Waals surface area contributed by atoms with E-state index in [0.717, 1.165) is 19.4 Å². The molecule has 3 heterocycles. The molecule has 1 aromatic heterocycles. The highest BCUT2D eigenvalue weighted by Gasteiger charge is 2.25. The van der Waals surface area contributed by atoms with E-state index in [0.29, 0.717) is 61.9 Å².